The van der Waals surface area contributed by atoms with E-state index < -0.39 is 0 Å². The summed E-state index contributed by atoms with van der Waals surface area (Å²) in [6.45, 7) is 6.40. The van der Waals surface area contributed by atoms with Crippen LogP contribution in [-0.2, 0) is 6.42 Å². The fourth-order valence-corrected chi connectivity index (χ4v) is 1.84. The number of hydrogen-bond acceptors (Lipinski definition) is 2. The molecule has 1 aromatic rings. The Morgan fingerprint density at radius 1 is 1.17 bits per heavy atom. The highest BCUT2D eigenvalue weighted by atomic mass is 16.5. The van der Waals surface area contributed by atoms with E-state index in [-0.39, 0.29) is 0 Å². The van der Waals surface area contributed by atoms with Crippen LogP contribution < -0.4 is 4.74 Å². The van der Waals surface area contributed by atoms with Gasteiger partial charge in [-0.1, -0.05) is 32.0 Å². The predicted octanol–water partition coefficient (Wildman–Crippen LogP) is 3.61. The van der Waals surface area contributed by atoms with Crippen molar-refractivity contribution in [3.63, 3.8) is 0 Å². The summed E-state index contributed by atoms with van der Waals surface area (Å²) < 4.78 is 5.89. The third-order valence-corrected chi connectivity index (χ3v) is 2.98. The van der Waals surface area contributed by atoms with Crippen LogP contribution in [-0.4, -0.2) is 32.1 Å². The van der Waals surface area contributed by atoms with Gasteiger partial charge in [-0.15, -0.1) is 0 Å². The van der Waals surface area contributed by atoms with Crippen molar-refractivity contribution in [2.24, 2.45) is 5.92 Å². The molecule has 0 radical (unpaired) electrons. The van der Waals surface area contributed by atoms with E-state index in [2.05, 4.69) is 57.1 Å². The smallest absolute Gasteiger partial charge is 0.122 e. The summed E-state index contributed by atoms with van der Waals surface area (Å²) in [4.78, 5) is 2.22. The predicted molar refractivity (Wildman–Crippen MR) is 78.3 cm³/mol. The Balaban J connectivity index is 2.45. The Morgan fingerprint density at radius 2 is 1.89 bits per heavy atom. The van der Waals surface area contributed by atoms with Crippen molar-refractivity contribution in [2.45, 2.75) is 33.1 Å². The number of aryl methyl sites for hydroxylation is 1. The molecule has 1 rings (SSSR count). The van der Waals surface area contributed by atoms with Gasteiger partial charge in [0.2, 0.25) is 0 Å². The van der Waals surface area contributed by atoms with Crippen molar-refractivity contribution in [3.05, 3.63) is 29.8 Å². The lowest BCUT2D eigenvalue weighted by Gasteiger charge is -2.13. The largest absolute Gasteiger partial charge is 0.493 e. The lowest BCUT2D eigenvalue weighted by Crippen LogP contribution is -2.13. The van der Waals surface area contributed by atoms with Crippen molar-refractivity contribution in [2.75, 3.05) is 27.2 Å². The molecule has 0 bridgehead atoms. The van der Waals surface area contributed by atoms with Crippen LogP contribution in [0.3, 0.4) is 0 Å². The van der Waals surface area contributed by atoms with Gasteiger partial charge in [-0.25, -0.2) is 0 Å². The van der Waals surface area contributed by atoms with Crippen molar-refractivity contribution < 1.29 is 4.74 Å². The first kappa shape index (κ1) is 15.0. The molecule has 0 aliphatic carbocycles. The standard InChI is InChI=1S/C16H27NO/c1-14(2)11-13-18-16-10-6-5-8-15(16)9-7-12-17(3)4/h5-6,8,10,14H,7,9,11-13H2,1-4H3. The van der Waals surface area contributed by atoms with Crippen LogP contribution in [0.5, 0.6) is 5.75 Å². The fourth-order valence-electron chi connectivity index (χ4n) is 1.84. The summed E-state index contributed by atoms with van der Waals surface area (Å²) >= 11 is 0. The quantitative estimate of drug-likeness (QED) is 0.698. The van der Waals surface area contributed by atoms with E-state index in [1.807, 2.05) is 0 Å². The van der Waals surface area contributed by atoms with Crippen LogP contribution in [0.4, 0.5) is 0 Å². The van der Waals surface area contributed by atoms with E-state index in [0.717, 1.165) is 31.7 Å². The zero-order valence-electron chi connectivity index (χ0n) is 12.3. The number of nitrogens with zero attached hydrogens (tertiary/aromatic N) is 1. The molecule has 0 amide bonds. The Bertz CT molecular complexity index is 301. The maximum atomic E-state index is 5.89. The van der Waals surface area contributed by atoms with Crippen molar-refractivity contribution in [1.29, 1.82) is 0 Å². The molecule has 0 atom stereocenters. The second-order valence-electron chi connectivity index (χ2n) is 5.55. The number of para-hydroxylation sites is 1. The highest BCUT2D eigenvalue weighted by Gasteiger charge is 2.03. The van der Waals surface area contributed by atoms with Gasteiger partial charge >= 0.3 is 0 Å². The molecule has 0 saturated carbocycles. The van der Waals surface area contributed by atoms with Gasteiger partial charge in [0.25, 0.3) is 0 Å². The molecule has 0 aromatic heterocycles. The third kappa shape index (κ3) is 6.06. The Morgan fingerprint density at radius 3 is 2.56 bits per heavy atom. The van der Waals surface area contributed by atoms with Crippen LogP contribution in [0, 0.1) is 5.92 Å². The second kappa shape index (κ2) is 8.15. The minimum atomic E-state index is 0.700. The maximum absolute atomic E-state index is 5.89. The van der Waals surface area contributed by atoms with Gasteiger partial charge in [0.15, 0.2) is 0 Å². The fraction of sp³-hybridized carbons (Fsp3) is 0.625. The molecule has 0 heterocycles. The molecule has 18 heavy (non-hydrogen) atoms. The zero-order valence-corrected chi connectivity index (χ0v) is 12.3. The molecule has 0 aliphatic heterocycles. The number of hydrogen-bond donors (Lipinski definition) is 0. The highest BCUT2D eigenvalue weighted by molar-refractivity contribution is 5.33. The minimum Gasteiger partial charge on any atom is -0.493 e. The summed E-state index contributed by atoms with van der Waals surface area (Å²) in [6.07, 6.45) is 3.39. The van der Waals surface area contributed by atoms with Gasteiger partial charge in [-0.05, 0) is 57.5 Å². The van der Waals surface area contributed by atoms with Gasteiger partial charge in [-0.2, -0.15) is 0 Å². The van der Waals surface area contributed by atoms with Crippen molar-refractivity contribution >= 4 is 0 Å². The number of benzene rings is 1. The summed E-state index contributed by atoms with van der Waals surface area (Å²) in [5.41, 5.74) is 1.34. The average molecular weight is 249 g/mol. The van der Waals surface area contributed by atoms with Gasteiger partial charge in [0.05, 0.1) is 6.61 Å². The van der Waals surface area contributed by atoms with E-state index in [4.69, 9.17) is 4.74 Å². The zero-order chi connectivity index (χ0) is 13.4. The third-order valence-electron chi connectivity index (χ3n) is 2.98. The van der Waals surface area contributed by atoms with Crippen LogP contribution >= 0.6 is 0 Å². The first-order valence-corrected chi connectivity index (χ1v) is 6.95. The summed E-state index contributed by atoms with van der Waals surface area (Å²) in [5.74, 6) is 1.77. The Hall–Kier alpha value is -1.02. The molecule has 0 N–H and O–H groups in total. The van der Waals surface area contributed by atoms with E-state index in [1.165, 1.54) is 12.0 Å². The van der Waals surface area contributed by atoms with Crippen LogP contribution in [0.15, 0.2) is 24.3 Å². The molecule has 0 unspecified atom stereocenters. The Kier molecular flexibility index (Phi) is 6.81. The van der Waals surface area contributed by atoms with Gasteiger partial charge in [0.1, 0.15) is 5.75 Å². The first-order chi connectivity index (χ1) is 8.59. The summed E-state index contributed by atoms with van der Waals surface area (Å²) in [7, 11) is 4.23. The molecular weight excluding hydrogens is 222 g/mol. The van der Waals surface area contributed by atoms with Crippen LogP contribution in [0.2, 0.25) is 0 Å². The van der Waals surface area contributed by atoms with Gasteiger partial charge in [0, 0.05) is 0 Å². The van der Waals surface area contributed by atoms with E-state index in [9.17, 15) is 0 Å². The Labute approximate surface area is 112 Å². The van der Waals surface area contributed by atoms with Crippen molar-refractivity contribution in [1.82, 2.24) is 4.90 Å². The maximum Gasteiger partial charge on any atom is 0.122 e. The van der Waals surface area contributed by atoms with E-state index >= 15 is 0 Å². The molecule has 0 saturated heterocycles. The van der Waals surface area contributed by atoms with E-state index in [1.54, 1.807) is 0 Å². The lowest BCUT2D eigenvalue weighted by molar-refractivity contribution is 0.286. The minimum absolute atomic E-state index is 0.700. The SMILES string of the molecule is CC(C)CCOc1ccccc1CCCN(C)C. The molecule has 0 spiro atoms. The monoisotopic (exact) mass is 249 g/mol. The molecule has 1 aromatic carbocycles. The molecular formula is C16H27NO. The number of ether oxygens (including phenoxy) is 1. The lowest BCUT2D eigenvalue weighted by atomic mass is 10.1. The molecule has 102 valence electrons. The summed E-state index contributed by atoms with van der Waals surface area (Å²) in [5, 5.41) is 0. The van der Waals surface area contributed by atoms with Gasteiger partial charge < -0.3 is 9.64 Å². The number of rotatable bonds is 8. The molecule has 0 aliphatic rings. The first-order valence-electron chi connectivity index (χ1n) is 6.95. The summed E-state index contributed by atoms with van der Waals surface area (Å²) in [6, 6.07) is 8.42. The molecule has 2 heteroatoms. The van der Waals surface area contributed by atoms with Gasteiger partial charge in [-0.3, -0.25) is 0 Å². The molecule has 2 nitrogen and oxygen atoms in total. The van der Waals surface area contributed by atoms with E-state index in [0.29, 0.717) is 5.92 Å². The highest BCUT2D eigenvalue weighted by Crippen LogP contribution is 2.20. The van der Waals surface area contributed by atoms with Crippen molar-refractivity contribution in [3.8, 4) is 5.75 Å². The normalized spacial score (nSPS) is 11.2. The molecule has 0 fully saturated rings. The van der Waals surface area contributed by atoms with Crippen LogP contribution in [0.1, 0.15) is 32.3 Å². The average Bonchev–Trinajstić information content (AvgIpc) is 2.30. The topological polar surface area (TPSA) is 12.5 Å². The second-order valence-corrected chi connectivity index (χ2v) is 5.55. The van der Waals surface area contributed by atoms with Crippen LogP contribution in [0.25, 0.3) is 0 Å².